The molecule has 0 spiro atoms. The minimum atomic E-state index is -0.571. The van der Waals surface area contributed by atoms with Gasteiger partial charge in [-0.3, -0.25) is 9.59 Å². The number of hydrogen-bond donors (Lipinski definition) is 2. The van der Waals surface area contributed by atoms with Gasteiger partial charge in [-0.25, -0.2) is 4.79 Å². The van der Waals surface area contributed by atoms with E-state index in [0.29, 0.717) is 30.1 Å². The molecule has 3 rings (SSSR count). The summed E-state index contributed by atoms with van der Waals surface area (Å²) < 4.78 is 5.43. The summed E-state index contributed by atoms with van der Waals surface area (Å²) in [7, 11) is 0. The summed E-state index contributed by atoms with van der Waals surface area (Å²) in [6.45, 7) is 6.37. The third-order valence-electron chi connectivity index (χ3n) is 5.10. The molecule has 1 aliphatic carbocycles. The molecule has 1 aliphatic heterocycles. The summed E-state index contributed by atoms with van der Waals surface area (Å²) in [6.07, 6.45) is 4.91. The van der Waals surface area contributed by atoms with Crippen molar-refractivity contribution in [3.8, 4) is 0 Å². The van der Waals surface area contributed by atoms with E-state index < -0.39 is 17.6 Å². The lowest BCUT2D eigenvalue weighted by atomic mass is 9.95. The van der Waals surface area contributed by atoms with Crippen LogP contribution in [0.3, 0.4) is 0 Å². The van der Waals surface area contributed by atoms with Gasteiger partial charge in [0.25, 0.3) is 5.91 Å². The third-order valence-corrected chi connectivity index (χ3v) is 6.31. The number of primary amides is 1. The van der Waals surface area contributed by atoms with Crippen molar-refractivity contribution in [3.63, 3.8) is 0 Å². The summed E-state index contributed by atoms with van der Waals surface area (Å²) in [4.78, 5) is 39.9. The van der Waals surface area contributed by atoms with Crippen molar-refractivity contribution in [2.24, 2.45) is 11.7 Å². The zero-order valence-electron chi connectivity index (χ0n) is 16.8. The first-order chi connectivity index (χ1) is 13.2. The molecule has 7 nitrogen and oxygen atoms in total. The molecule has 3 amide bonds. The molecule has 1 unspecified atom stereocenters. The van der Waals surface area contributed by atoms with E-state index in [-0.39, 0.29) is 11.8 Å². The number of nitrogens with two attached hydrogens (primary N) is 1. The molecule has 0 saturated carbocycles. The van der Waals surface area contributed by atoms with E-state index in [0.717, 1.165) is 42.5 Å². The monoisotopic (exact) mass is 407 g/mol. The number of carbonyl (C=O) groups excluding carboxylic acids is 3. The Morgan fingerprint density at radius 2 is 1.89 bits per heavy atom. The average molecular weight is 408 g/mol. The number of thiophene rings is 1. The number of amides is 3. The van der Waals surface area contributed by atoms with Crippen LogP contribution in [0.1, 0.15) is 67.3 Å². The molecule has 1 aromatic rings. The van der Waals surface area contributed by atoms with Gasteiger partial charge in [0.15, 0.2) is 0 Å². The summed E-state index contributed by atoms with van der Waals surface area (Å²) in [5, 5.41) is 3.48. The van der Waals surface area contributed by atoms with Gasteiger partial charge in [-0.15, -0.1) is 11.3 Å². The Kier molecular flexibility index (Phi) is 5.98. The number of piperidine rings is 1. The van der Waals surface area contributed by atoms with Gasteiger partial charge in [-0.2, -0.15) is 0 Å². The molecular weight excluding hydrogens is 378 g/mol. The van der Waals surface area contributed by atoms with Gasteiger partial charge < -0.3 is 20.7 Å². The van der Waals surface area contributed by atoms with E-state index in [1.807, 2.05) is 20.8 Å². The van der Waals surface area contributed by atoms with Gasteiger partial charge in [0.05, 0.1) is 11.5 Å². The van der Waals surface area contributed by atoms with E-state index in [1.54, 1.807) is 4.90 Å². The average Bonchev–Trinajstić information content (AvgIpc) is 2.98. The molecule has 2 aliphatic rings. The van der Waals surface area contributed by atoms with Gasteiger partial charge in [0.1, 0.15) is 10.6 Å². The van der Waals surface area contributed by atoms with E-state index in [2.05, 4.69) is 5.32 Å². The molecule has 8 heteroatoms. The summed E-state index contributed by atoms with van der Waals surface area (Å²) >= 11 is 1.46. The maximum absolute atomic E-state index is 12.9. The van der Waals surface area contributed by atoms with Crippen LogP contribution in [0.25, 0.3) is 0 Å². The summed E-state index contributed by atoms with van der Waals surface area (Å²) in [5.41, 5.74) is 6.50. The second-order valence-corrected chi connectivity index (χ2v) is 9.64. The number of nitrogens with one attached hydrogen (secondary N) is 1. The van der Waals surface area contributed by atoms with Gasteiger partial charge in [-0.05, 0) is 64.9 Å². The quantitative estimate of drug-likeness (QED) is 0.802. The number of likely N-dealkylation sites (tertiary alicyclic amines) is 1. The second kappa shape index (κ2) is 8.11. The van der Waals surface area contributed by atoms with E-state index >= 15 is 0 Å². The van der Waals surface area contributed by atoms with Gasteiger partial charge >= 0.3 is 6.09 Å². The van der Waals surface area contributed by atoms with Gasteiger partial charge in [-0.1, -0.05) is 0 Å². The number of anilines is 1. The predicted octanol–water partition coefficient (Wildman–Crippen LogP) is 3.31. The molecule has 0 aromatic carbocycles. The van der Waals surface area contributed by atoms with E-state index in [9.17, 15) is 14.4 Å². The van der Waals surface area contributed by atoms with Crippen molar-refractivity contribution in [2.45, 2.75) is 64.9 Å². The van der Waals surface area contributed by atoms with Crippen molar-refractivity contribution in [1.29, 1.82) is 0 Å². The topological polar surface area (TPSA) is 102 Å². The lowest BCUT2D eigenvalue weighted by molar-refractivity contribution is -0.121. The molecule has 1 atom stereocenters. The Balaban J connectivity index is 1.70. The van der Waals surface area contributed by atoms with Gasteiger partial charge in [0, 0.05) is 18.0 Å². The molecule has 2 heterocycles. The third kappa shape index (κ3) is 4.66. The lowest BCUT2D eigenvalue weighted by Crippen LogP contribution is -2.45. The zero-order valence-corrected chi connectivity index (χ0v) is 17.6. The molecular formula is C20H29N3O4S. The number of carbonyl (C=O) groups is 3. The lowest BCUT2D eigenvalue weighted by Gasteiger charge is -2.33. The largest absolute Gasteiger partial charge is 0.444 e. The molecule has 1 aromatic heterocycles. The highest BCUT2D eigenvalue weighted by molar-refractivity contribution is 7.17. The first kappa shape index (κ1) is 20.6. The molecule has 0 radical (unpaired) electrons. The highest BCUT2D eigenvalue weighted by atomic mass is 32.1. The van der Waals surface area contributed by atoms with Gasteiger partial charge in [0.2, 0.25) is 5.91 Å². The van der Waals surface area contributed by atoms with Crippen LogP contribution in [0.5, 0.6) is 0 Å². The van der Waals surface area contributed by atoms with Crippen molar-refractivity contribution < 1.29 is 19.1 Å². The molecule has 28 heavy (non-hydrogen) atoms. The fourth-order valence-electron chi connectivity index (χ4n) is 3.81. The fraction of sp³-hybridized carbons (Fsp3) is 0.650. The van der Waals surface area contributed by atoms with E-state index in [4.69, 9.17) is 10.5 Å². The Bertz CT molecular complexity index is 781. The van der Waals surface area contributed by atoms with Crippen LogP contribution in [0.2, 0.25) is 0 Å². The van der Waals surface area contributed by atoms with Crippen molar-refractivity contribution in [3.05, 3.63) is 16.0 Å². The number of hydrogen-bond acceptors (Lipinski definition) is 5. The number of rotatable bonds is 3. The van der Waals surface area contributed by atoms with Crippen LogP contribution >= 0.6 is 11.3 Å². The van der Waals surface area contributed by atoms with Crippen LogP contribution in [-0.4, -0.2) is 41.5 Å². The summed E-state index contributed by atoms with van der Waals surface area (Å²) in [6, 6.07) is 0. The van der Waals surface area contributed by atoms with Crippen LogP contribution in [-0.2, 0) is 22.4 Å². The Morgan fingerprint density at radius 3 is 2.57 bits per heavy atom. The Hall–Kier alpha value is -2.09. The number of aryl methyl sites for hydroxylation is 1. The van der Waals surface area contributed by atoms with Crippen molar-refractivity contribution in [2.75, 3.05) is 18.4 Å². The van der Waals surface area contributed by atoms with Crippen molar-refractivity contribution >= 4 is 34.2 Å². The molecule has 3 N–H and O–H groups in total. The van der Waals surface area contributed by atoms with Crippen LogP contribution in [0.4, 0.5) is 9.80 Å². The van der Waals surface area contributed by atoms with Crippen molar-refractivity contribution in [1.82, 2.24) is 4.90 Å². The van der Waals surface area contributed by atoms with Crippen LogP contribution in [0.15, 0.2) is 0 Å². The minimum absolute atomic E-state index is 0.172. The first-order valence-corrected chi connectivity index (χ1v) is 10.7. The number of nitrogens with zero attached hydrogens (tertiary/aromatic N) is 1. The standard InChI is InChI=1S/C20H29N3O4S/c1-20(2,3)27-19(26)23-10-6-7-12(11-23)17(25)22-18-15(16(21)24)13-8-4-5-9-14(13)28-18/h12H,4-11H2,1-3H3,(H2,21,24)(H,22,25). The zero-order chi connectivity index (χ0) is 20.5. The Morgan fingerprint density at radius 1 is 1.18 bits per heavy atom. The molecule has 1 saturated heterocycles. The normalized spacial score (nSPS) is 19.7. The smallest absolute Gasteiger partial charge is 0.410 e. The van der Waals surface area contributed by atoms with E-state index in [1.165, 1.54) is 11.3 Å². The number of fused-ring (bicyclic) bond motifs is 1. The Labute approximate surface area is 169 Å². The van der Waals surface area contributed by atoms with Crippen LogP contribution in [0, 0.1) is 5.92 Å². The minimum Gasteiger partial charge on any atom is -0.444 e. The highest BCUT2D eigenvalue weighted by Crippen LogP contribution is 2.38. The fourth-order valence-corrected chi connectivity index (χ4v) is 5.11. The molecule has 154 valence electrons. The SMILES string of the molecule is CC(C)(C)OC(=O)N1CCCC(C(=O)Nc2sc3c(c2C(N)=O)CCCC3)C1. The maximum atomic E-state index is 12.9. The summed E-state index contributed by atoms with van der Waals surface area (Å²) in [5.74, 6) is -0.996. The first-order valence-electron chi connectivity index (χ1n) is 9.89. The molecule has 1 fully saturated rings. The number of ether oxygens (including phenoxy) is 1. The predicted molar refractivity (Wildman–Crippen MR) is 109 cm³/mol. The van der Waals surface area contributed by atoms with Crippen LogP contribution < -0.4 is 11.1 Å². The maximum Gasteiger partial charge on any atom is 0.410 e. The molecule has 0 bridgehead atoms. The second-order valence-electron chi connectivity index (χ2n) is 8.53. The highest BCUT2D eigenvalue weighted by Gasteiger charge is 2.32.